The number of carbonyl (C=O) groups excluding carboxylic acids is 2. The average molecular weight is 408 g/mol. The number of piperidine rings is 1. The summed E-state index contributed by atoms with van der Waals surface area (Å²) < 4.78 is 10.5. The van der Waals surface area contributed by atoms with Crippen LogP contribution in [0.15, 0.2) is 12.1 Å². The molecular weight excluding hydrogens is 380 g/mol. The summed E-state index contributed by atoms with van der Waals surface area (Å²) in [5, 5.41) is 14.1. The number of hydrogen-bond donors (Lipinski definition) is 2. The molecule has 1 saturated heterocycles. The molecule has 0 radical (unpaired) electrons. The van der Waals surface area contributed by atoms with Crippen LogP contribution < -0.4 is 20.5 Å². The van der Waals surface area contributed by atoms with Gasteiger partial charge < -0.3 is 25.4 Å². The van der Waals surface area contributed by atoms with Crippen molar-refractivity contribution in [3.05, 3.63) is 27.8 Å². The quantitative estimate of drug-likeness (QED) is 0.338. The molecule has 1 aromatic carbocycles. The van der Waals surface area contributed by atoms with Gasteiger partial charge in [0.2, 0.25) is 5.91 Å². The molecule has 3 N–H and O–H groups in total. The van der Waals surface area contributed by atoms with E-state index in [-0.39, 0.29) is 34.6 Å². The van der Waals surface area contributed by atoms with Gasteiger partial charge in [-0.25, -0.2) is 0 Å². The molecule has 2 rings (SSSR count). The Hall–Kier alpha value is -2.88. The summed E-state index contributed by atoms with van der Waals surface area (Å²) in [5.74, 6) is -0.482. The Kier molecular flexibility index (Phi) is 8.20. The van der Waals surface area contributed by atoms with Crippen LogP contribution in [-0.2, 0) is 4.79 Å². The number of nitrogens with one attached hydrogen (secondary N) is 1. The van der Waals surface area contributed by atoms with Crippen molar-refractivity contribution in [1.82, 2.24) is 10.2 Å². The van der Waals surface area contributed by atoms with E-state index >= 15 is 0 Å². The second-order valence-corrected chi connectivity index (χ2v) is 6.86. The number of rotatable bonds is 10. The van der Waals surface area contributed by atoms with Gasteiger partial charge in [0.25, 0.3) is 11.6 Å². The summed E-state index contributed by atoms with van der Waals surface area (Å²) in [6.45, 7) is 4.64. The van der Waals surface area contributed by atoms with E-state index in [4.69, 9.17) is 15.2 Å². The van der Waals surface area contributed by atoms with E-state index in [1.807, 2.05) is 0 Å². The summed E-state index contributed by atoms with van der Waals surface area (Å²) in [4.78, 5) is 36.8. The first-order valence-corrected chi connectivity index (χ1v) is 9.66. The molecule has 1 fully saturated rings. The molecule has 1 unspecified atom stereocenters. The lowest BCUT2D eigenvalue weighted by atomic mass is 9.97. The van der Waals surface area contributed by atoms with E-state index in [9.17, 15) is 19.7 Å². The zero-order valence-corrected chi connectivity index (χ0v) is 16.8. The number of primary amides is 1. The van der Waals surface area contributed by atoms with Crippen molar-refractivity contribution in [3.8, 4) is 11.5 Å². The zero-order chi connectivity index (χ0) is 21.4. The number of ether oxygens (including phenoxy) is 2. The minimum Gasteiger partial charge on any atom is -0.493 e. The van der Waals surface area contributed by atoms with Crippen LogP contribution in [0.5, 0.6) is 11.5 Å². The van der Waals surface area contributed by atoms with Crippen molar-refractivity contribution < 1.29 is 24.0 Å². The third-order valence-electron chi connectivity index (χ3n) is 4.87. The Bertz CT molecular complexity index is 754. The number of carbonyl (C=O) groups is 2. The largest absolute Gasteiger partial charge is 0.493 e. The third kappa shape index (κ3) is 6.05. The molecule has 0 aromatic heterocycles. The summed E-state index contributed by atoms with van der Waals surface area (Å²) in [7, 11) is 1.41. The van der Waals surface area contributed by atoms with Gasteiger partial charge in [-0.2, -0.15) is 0 Å². The highest BCUT2D eigenvalue weighted by Crippen LogP contribution is 2.34. The number of methoxy groups -OCH3 is 1. The minimum absolute atomic E-state index is 0.0814. The molecule has 2 amide bonds. The van der Waals surface area contributed by atoms with Crippen molar-refractivity contribution >= 4 is 17.5 Å². The van der Waals surface area contributed by atoms with Crippen LogP contribution in [0.2, 0.25) is 0 Å². The van der Waals surface area contributed by atoms with Crippen LogP contribution in [0.4, 0.5) is 5.69 Å². The lowest BCUT2D eigenvalue weighted by molar-refractivity contribution is -0.385. The third-order valence-corrected chi connectivity index (χ3v) is 4.87. The summed E-state index contributed by atoms with van der Waals surface area (Å²) >= 11 is 0. The lowest BCUT2D eigenvalue weighted by Gasteiger charge is -2.31. The van der Waals surface area contributed by atoms with Crippen LogP contribution in [0.3, 0.4) is 0 Å². The molecule has 29 heavy (non-hydrogen) atoms. The van der Waals surface area contributed by atoms with Crippen LogP contribution in [0, 0.1) is 16.0 Å². The van der Waals surface area contributed by atoms with Crippen molar-refractivity contribution in [3.63, 3.8) is 0 Å². The molecular formula is C19H28N4O6. The highest BCUT2D eigenvalue weighted by molar-refractivity contribution is 5.99. The topological polar surface area (TPSA) is 137 Å². The first-order valence-electron chi connectivity index (χ1n) is 9.66. The maximum Gasteiger partial charge on any atom is 0.286 e. The van der Waals surface area contributed by atoms with Crippen molar-refractivity contribution in [2.75, 3.05) is 39.9 Å². The van der Waals surface area contributed by atoms with E-state index in [0.29, 0.717) is 32.7 Å². The average Bonchev–Trinajstić information content (AvgIpc) is 2.71. The highest BCUT2D eigenvalue weighted by atomic mass is 16.6. The minimum atomic E-state index is -0.616. The fraction of sp³-hybridized carbons (Fsp3) is 0.579. The van der Waals surface area contributed by atoms with E-state index in [1.165, 1.54) is 19.2 Å². The normalized spacial score (nSPS) is 16.8. The number of nitrogens with two attached hydrogens (primary N) is 1. The van der Waals surface area contributed by atoms with Gasteiger partial charge in [0, 0.05) is 19.2 Å². The van der Waals surface area contributed by atoms with Gasteiger partial charge in [0.05, 0.1) is 30.6 Å². The van der Waals surface area contributed by atoms with Crippen LogP contribution in [-0.4, -0.2) is 61.5 Å². The number of benzene rings is 1. The van der Waals surface area contributed by atoms with E-state index < -0.39 is 10.8 Å². The second-order valence-electron chi connectivity index (χ2n) is 6.86. The fourth-order valence-electron chi connectivity index (χ4n) is 3.40. The molecule has 1 heterocycles. The monoisotopic (exact) mass is 408 g/mol. The van der Waals surface area contributed by atoms with Crippen LogP contribution >= 0.6 is 0 Å². The molecule has 1 aromatic rings. The van der Waals surface area contributed by atoms with Gasteiger partial charge in [-0.3, -0.25) is 19.7 Å². The SMILES string of the molecule is CCOc1cc([N+](=O)[O-])c(C(=O)NCCCN2CCCC(C(N)=O)C2)cc1OC. The Labute approximate surface area is 169 Å². The number of likely N-dealkylation sites (tertiary alicyclic amines) is 1. The van der Waals surface area contributed by atoms with Crippen molar-refractivity contribution in [2.45, 2.75) is 26.2 Å². The molecule has 10 heteroatoms. The Morgan fingerprint density at radius 3 is 2.76 bits per heavy atom. The van der Waals surface area contributed by atoms with Crippen LogP contribution in [0.25, 0.3) is 0 Å². The summed E-state index contributed by atoms with van der Waals surface area (Å²) in [6, 6.07) is 2.52. The molecule has 1 atom stereocenters. The van der Waals surface area contributed by atoms with Crippen molar-refractivity contribution in [2.24, 2.45) is 11.7 Å². The van der Waals surface area contributed by atoms with Crippen LogP contribution in [0.1, 0.15) is 36.5 Å². The van der Waals surface area contributed by atoms with Gasteiger partial charge in [0.1, 0.15) is 5.56 Å². The van der Waals surface area contributed by atoms with E-state index in [2.05, 4.69) is 10.2 Å². The van der Waals surface area contributed by atoms with Gasteiger partial charge >= 0.3 is 0 Å². The van der Waals surface area contributed by atoms with Gasteiger partial charge in [-0.05, 0) is 39.3 Å². The fourth-order valence-corrected chi connectivity index (χ4v) is 3.40. The maximum absolute atomic E-state index is 12.5. The maximum atomic E-state index is 12.5. The number of nitro groups is 1. The van der Waals surface area contributed by atoms with E-state index in [0.717, 1.165) is 19.4 Å². The highest BCUT2D eigenvalue weighted by Gasteiger charge is 2.25. The first kappa shape index (κ1) is 22.4. The first-order chi connectivity index (χ1) is 13.9. The standard InChI is InChI=1S/C19H28N4O6/c1-3-29-17-11-15(23(26)27)14(10-16(17)28-2)19(25)21-7-5-9-22-8-4-6-13(12-22)18(20)24/h10-11,13H,3-9,12H2,1-2H3,(H2,20,24)(H,21,25). The Morgan fingerprint density at radius 1 is 1.38 bits per heavy atom. The number of nitro benzene ring substituents is 1. The molecule has 0 aliphatic carbocycles. The predicted octanol–water partition coefficient (Wildman–Crippen LogP) is 1.32. The molecule has 1 aliphatic rings. The smallest absolute Gasteiger partial charge is 0.286 e. The van der Waals surface area contributed by atoms with Gasteiger partial charge in [-0.1, -0.05) is 0 Å². The molecule has 10 nitrogen and oxygen atoms in total. The van der Waals surface area contributed by atoms with Crippen molar-refractivity contribution in [1.29, 1.82) is 0 Å². The molecule has 0 saturated carbocycles. The second kappa shape index (κ2) is 10.6. The number of amides is 2. The van der Waals surface area contributed by atoms with E-state index in [1.54, 1.807) is 6.92 Å². The molecule has 0 spiro atoms. The lowest BCUT2D eigenvalue weighted by Crippen LogP contribution is -2.42. The van der Waals surface area contributed by atoms with Gasteiger partial charge in [0.15, 0.2) is 11.5 Å². The molecule has 160 valence electrons. The zero-order valence-electron chi connectivity index (χ0n) is 16.8. The molecule has 0 bridgehead atoms. The summed E-state index contributed by atoms with van der Waals surface area (Å²) in [6.07, 6.45) is 2.38. The number of nitrogens with zero attached hydrogens (tertiary/aromatic N) is 2. The molecule has 1 aliphatic heterocycles. The predicted molar refractivity (Wildman–Crippen MR) is 106 cm³/mol. The van der Waals surface area contributed by atoms with Gasteiger partial charge in [-0.15, -0.1) is 0 Å². The Balaban J connectivity index is 1.96. The number of hydrogen-bond acceptors (Lipinski definition) is 7. The summed E-state index contributed by atoms with van der Waals surface area (Å²) in [5.41, 5.74) is 4.96. The Morgan fingerprint density at radius 2 is 2.14 bits per heavy atom.